The number of rotatable bonds is 5. The monoisotopic (exact) mass is 271 g/mol. The molecule has 0 aliphatic heterocycles. The lowest BCUT2D eigenvalue weighted by Gasteiger charge is -2.28. The second kappa shape index (κ2) is 5.55. The third kappa shape index (κ3) is 2.68. The number of aliphatic hydroxyl groups is 1. The first kappa shape index (κ1) is 13.8. The molecule has 3 unspecified atom stereocenters. The first-order chi connectivity index (χ1) is 8.56. The van der Waals surface area contributed by atoms with E-state index in [1.165, 1.54) is 6.07 Å². The fourth-order valence-corrected chi connectivity index (χ4v) is 2.86. The van der Waals surface area contributed by atoms with Gasteiger partial charge in [0.2, 0.25) is 0 Å². The molecule has 0 radical (unpaired) electrons. The van der Waals surface area contributed by atoms with Gasteiger partial charge in [-0.1, -0.05) is 24.6 Å². The summed E-state index contributed by atoms with van der Waals surface area (Å²) in [5.74, 6) is -0.150. The highest BCUT2D eigenvalue weighted by Crippen LogP contribution is 2.42. The van der Waals surface area contributed by atoms with Crippen molar-refractivity contribution in [3.8, 4) is 0 Å². The van der Waals surface area contributed by atoms with Crippen LogP contribution in [0.1, 0.15) is 31.2 Å². The summed E-state index contributed by atoms with van der Waals surface area (Å²) in [4.78, 5) is 0. The Kier molecular flexibility index (Phi) is 4.25. The van der Waals surface area contributed by atoms with Crippen molar-refractivity contribution in [2.24, 2.45) is 17.6 Å². The quantitative estimate of drug-likeness (QED) is 0.865. The molecule has 1 aromatic carbocycles. The van der Waals surface area contributed by atoms with Crippen LogP contribution in [0.25, 0.3) is 0 Å². The average Bonchev–Trinajstić information content (AvgIpc) is 3.16. The number of halogens is 2. The van der Waals surface area contributed by atoms with E-state index in [0.717, 1.165) is 12.8 Å². The van der Waals surface area contributed by atoms with E-state index in [9.17, 15) is 9.50 Å². The van der Waals surface area contributed by atoms with Crippen molar-refractivity contribution < 1.29 is 9.50 Å². The van der Waals surface area contributed by atoms with Gasteiger partial charge in [0.05, 0.1) is 6.10 Å². The van der Waals surface area contributed by atoms with Crippen LogP contribution in [0.2, 0.25) is 5.02 Å². The minimum atomic E-state index is -0.642. The molecule has 100 valence electrons. The molecule has 0 amide bonds. The van der Waals surface area contributed by atoms with Crippen molar-refractivity contribution >= 4 is 11.6 Å². The SMILES string of the molecule is CC(C1CC1)C(O)C(CN)c1c(F)cccc1Cl. The first-order valence-electron chi connectivity index (χ1n) is 6.38. The fourth-order valence-electron chi connectivity index (χ4n) is 2.56. The zero-order chi connectivity index (χ0) is 13.3. The molecule has 0 heterocycles. The molecule has 0 spiro atoms. The number of nitrogens with two attached hydrogens (primary N) is 1. The molecule has 1 saturated carbocycles. The van der Waals surface area contributed by atoms with Crippen LogP contribution in [0.4, 0.5) is 4.39 Å². The van der Waals surface area contributed by atoms with Gasteiger partial charge in [0, 0.05) is 23.0 Å². The molecule has 0 saturated heterocycles. The predicted octanol–water partition coefficient (Wildman–Crippen LogP) is 2.93. The Labute approximate surface area is 112 Å². The Morgan fingerprint density at radius 2 is 2.17 bits per heavy atom. The fraction of sp³-hybridized carbons (Fsp3) is 0.571. The second-order valence-electron chi connectivity index (χ2n) is 5.16. The highest BCUT2D eigenvalue weighted by molar-refractivity contribution is 6.31. The molecule has 4 heteroatoms. The molecule has 1 aromatic rings. The lowest BCUT2D eigenvalue weighted by molar-refractivity contribution is 0.0790. The van der Waals surface area contributed by atoms with Crippen LogP contribution >= 0.6 is 11.6 Å². The maximum atomic E-state index is 13.9. The summed E-state index contributed by atoms with van der Waals surface area (Å²) in [6.07, 6.45) is 1.64. The van der Waals surface area contributed by atoms with E-state index in [1.807, 2.05) is 6.92 Å². The summed E-state index contributed by atoms with van der Waals surface area (Å²) in [7, 11) is 0. The molecular weight excluding hydrogens is 253 g/mol. The van der Waals surface area contributed by atoms with Crippen molar-refractivity contribution in [1.82, 2.24) is 0 Å². The molecule has 0 aromatic heterocycles. The van der Waals surface area contributed by atoms with Gasteiger partial charge in [-0.05, 0) is 36.8 Å². The van der Waals surface area contributed by atoms with Crippen LogP contribution in [0, 0.1) is 17.7 Å². The van der Waals surface area contributed by atoms with Gasteiger partial charge < -0.3 is 10.8 Å². The summed E-state index contributed by atoms with van der Waals surface area (Å²) in [5, 5.41) is 10.7. The van der Waals surface area contributed by atoms with E-state index in [0.29, 0.717) is 16.5 Å². The van der Waals surface area contributed by atoms with Gasteiger partial charge in [-0.2, -0.15) is 0 Å². The standard InChI is InChI=1S/C14H19ClFNO/c1-8(9-5-6-9)14(18)10(7-17)13-11(15)3-2-4-12(13)16/h2-4,8-10,14,18H,5-7,17H2,1H3. The Morgan fingerprint density at radius 3 is 2.67 bits per heavy atom. The minimum absolute atomic E-state index is 0.134. The summed E-state index contributed by atoms with van der Waals surface area (Å²) < 4.78 is 13.9. The number of benzene rings is 1. The van der Waals surface area contributed by atoms with Gasteiger partial charge in [-0.15, -0.1) is 0 Å². The van der Waals surface area contributed by atoms with Crippen LogP contribution in [0.3, 0.4) is 0 Å². The third-order valence-corrected chi connectivity index (χ3v) is 4.27. The summed E-state index contributed by atoms with van der Waals surface area (Å²) in [6, 6.07) is 4.56. The van der Waals surface area contributed by atoms with Crippen LogP contribution in [-0.4, -0.2) is 17.8 Å². The van der Waals surface area contributed by atoms with Crippen molar-refractivity contribution in [2.75, 3.05) is 6.54 Å². The van der Waals surface area contributed by atoms with E-state index in [2.05, 4.69) is 0 Å². The normalized spacial score (nSPS) is 20.5. The zero-order valence-corrected chi connectivity index (χ0v) is 11.2. The van der Waals surface area contributed by atoms with E-state index >= 15 is 0 Å². The van der Waals surface area contributed by atoms with Crippen molar-refractivity contribution in [2.45, 2.75) is 31.8 Å². The molecule has 1 aliphatic carbocycles. The number of hydrogen-bond donors (Lipinski definition) is 2. The van der Waals surface area contributed by atoms with Crippen LogP contribution in [0.15, 0.2) is 18.2 Å². The van der Waals surface area contributed by atoms with E-state index in [4.69, 9.17) is 17.3 Å². The van der Waals surface area contributed by atoms with Gasteiger partial charge in [-0.25, -0.2) is 4.39 Å². The summed E-state index contributed by atoms with van der Waals surface area (Å²) in [5.41, 5.74) is 6.07. The molecular formula is C14H19ClFNO. The van der Waals surface area contributed by atoms with E-state index in [-0.39, 0.29) is 18.3 Å². The van der Waals surface area contributed by atoms with Gasteiger partial charge in [0.25, 0.3) is 0 Å². The molecule has 18 heavy (non-hydrogen) atoms. The maximum absolute atomic E-state index is 13.9. The molecule has 3 atom stereocenters. The average molecular weight is 272 g/mol. The maximum Gasteiger partial charge on any atom is 0.128 e. The third-order valence-electron chi connectivity index (χ3n) is 3.94. The van der Waals surface area contributed by atoms with Crippen molar-refractivity contribution in [1.29, 1.82) is 0 Å². The molecule has 2 nitrogen and oxygen atoms in total. The predicted molar refractivity (Wildman–Crippen MR) is 71.1 cm³/mol. The Hall–Kier alpha value is -0.640. The first-order valence-corrected chi connectivity index (χ1v) is 6.76. The smallest absolute Gasteiger partial charge is 0.128 e. The minimum Gasteiger partial charge on any atom is -0.392 e. The van der Waals surface area contributed by atoms with Gasteiger partial charge >= 0.3 is 0 Å². The molecule has 1 fully saturated rings. The van der Waals surface area contributed by atoms with E-state index in [1.54, 1.807) is 12.1 Å². The van der Waals surface area contributed by atoms with Crippen molar-refractivity contribution in [3.05, 3.63) is 34.6 Å². The highest BCUT2D eigenvalue weighted by Gasteiger charge is 2.37. The van der Waals surface area contributed by atoms with E-state index < -0.39 is 12.0 Å². The van der Waals surface area contributed by atoms with Crippen LogP contribution < -0.4 is 5.73 Å². The van der Waals surface area contributed by atoms with Crippen LogP contribution in [0.5, 0.6) is 0 Å². The summed E-state index contributed by atoms with van der Waals surface area (Å²) in [6.45, 7) is 2.19. The Morgan fingerprint density at radius 1 is 1.50 bits per heavy atom. The largest absolute Gasteiger partial charge is 0.392 e. The number of hydrogen-bond acceptors (Lipinski definition) is 2. The van der Waals surface area contributed by atoms with Crippen molar-refractivity contribution in [3.63, 3.8) is 0 Å². The summed E-state index contributed by atoms with van der Waals surface area (Å²) >= 11 is 6.04. The van der Waals surface area contributed by atoms with Gasteiger partial charge in [-0.3, -0.25) is 0 Å². The molecule has 3 N–H and O–H groups in total. The number of aliphatic hydroxyl groups excluding tert-OH is 1. The lowest BCUT2D eigenvalue weighted by Crippen LogP contribution is -2.33. The van der Waals surface area contributed by atoms with Crippen LogP contribution in [-0.2, 0) is 0 Å². The van der Waals surface area contributed by atoms with Gasteiger partial charge in [0.15, 0.2) is 0 Å². The highest BCUT2D eigenvalue weighted by atomic mass is 35.5. The zero-order valence-electron chi connectivity index (χ0n) is 10.4. The Balaban J connectivity index is 2.26. The topological polar surface area (TPSA) is 46.2 Å². The molecule has 2 rings (SSSR count). The molecule has 1 aliphatic rings. The second-order valence-corrected chi connectivity index (χ2v) is 5.57. The van der Waals surface area contributed by atoms with Gasteiger partial charge in [0.1, 0.15) is 5.82 Å². The Bertz CT molecular complexity index is 402. The molecule has 0 bridgehead atoms. The lowest BCUT2D eigenvalue weighted by atomic mass is 9.84.